The lowest BCUT2D eigenvalue weighted by Crippen LogP contribution is -2.37. The van der Waals surface area contributed by atoms with Crippen LogP contribution >= 0.6 is 15.9 Å². The molecule has 1 fully saturated rings. The summed E-state index contributed by atoms with van der Waals surface area (Å²) in [6, 6.07) is 12.2. The summed E-state index contributed by atoms with van der Waals surface area (Å²) in [5.41, 5.74) is 4.89. The Labute approximate surface area is 181 Å². The van der Waals surface area contributed by atoms with Crippen molar-refractivity contribution in [1.29, 1.82) is 0 Å². The van der Waals surface area contributed by atoms with Crippen LogP contribution in [0, 0.1) is 20.8 Å². The SMILES string of the molecule is Cc1ccc(NC(=O)CCN(CC(=O)Nc2c(C)cccc2C)C2CC2)c(Br)c1. The highest BCUT2D eigenvalue weighted by molar-refractivity contribution is 9.10. The topological polar surface area (TPSA) is 61.4 Å². The number of hydrogen-bond donors (Lipinski definition) is 2. The maximum atomic E-state index is 12.6. The zero-order chi connectivity index (χ0) is 21.0. The van der Waals surface area contributed by atoms with Crippen molar-refractivity contribution in [1.82, 2.24) is 4.90 Å². The predicted molar refractivity (Wildman–Crippen MR) is 121 cm³/mol. The minimum atomic E-state index is -0.0460. The molecule has 0 bridgehead atoms. The fraction of sp³-hybridized carbons (Fsp3) is 0.391. The van der Waals surface area contributed by atoms with Crippen LogP contribution in [0.25, 0.3) is 0 Å². The molecule has 1 aliphatic rings. The second kappa shape index (κ2) is 9.55. The summed E-state index contributed by atoms with van der Waals surface area (Å²) in [4.78, 5) is 27.1. The molecule has 0 heterocycles. The molecule has 2 aromatic carbocycles. The van der Waals surface area contributed by atoms with Gasteiger partial charge in [-0.2, -0.15) is 0 Å². The van der Waals surface area contributed by atoms with Crippen LogP contribution in [0.4, 0.5) is 11.4 Å². The van der Waals surface area contributed by atoms with Gasteiger partial charge >= 0.3 is 0 Å². The maximum Gasteiger partial charge on any atom is 0.238 e. The molecule has 6 heteroatoms. The van der Waals surface area contributed by atoms with Crippen molar-refractivity contribution in [2.24, 2.45) is 0 Å². The van der Waals surface area contributed by atoms with Crippen LogP contribution in [0.5, 0.6) is 0 Å². The normalized spacial score (nSPS) is 13.4. The second-order valence-electron chi connectivity index (χ2n) is 7.80. The van der Waals surface area contributed by atoms with Gasteiger partial charge in [-0.05, 0) is 78.4 Å². The third-order valence-corrected chi connectivity index (χ3v) is 5.84. The lowest BCUT2D eigenvalue weighted by molar-refractivity contribution is -0.119. The molecule has 0 saturated heterocycles. The Morgan fingerprint density at radius 2 is 1.72 bits per heavy atom. The lowest BCUT2D eigenvalue weighted by Gasteiger charge is -2.22. The minimum absolute atomic E-state index is 0.0315. The minimum Gasteiger partial charge on any atom is -0.325 e. The number of nitrogens with zero attached hydrogens (tertiary/aromatic N) is 1. The van der Waals surface area contributed by atoms with Crippen molar-refractivity contribution in [3.63, 3.8) is 0 Å². The number of aryl methyl sites for hydroxylation is 3. The highest BCUT2D eigenvalue weighted by Gasteiger charge is 2.30. The third-order valence-electron chi connectivity index (χ3n) is 5.18. The van der Waals surface area contributed by atoms with Gasteiger partial charge in [0.2, 0.25) is 11.8 Å². The van der Waals surface area contributed by atoms with Crippen molar-refractivity contribution >= 4 is 39.1 Å². The highest BCUT2D eigenvalue weighted by Crippen LogP contribution is 2.28. The molecule has 0 aliphatic heterocycles. The first-order chi connectivity index (χ1) is 13.8. The first kappa shape index (κ1) is 21.5. The number of halogens is 1. The Morgan fingerprint density at radius 1 is 1.03 bits per heavy atom. The molecule has 154 valence electrons. The Hall–Kier alpha value is -2.18. The summed E-state index contributed by atoms with van der Waals surface area (Å²) >= 11 is 3.49. The van der Waals surface area contributed by atoms with E-state index in [1.807, 2.05) is 57.2 Å². The summed E-state index contributed by atoms with van der Waals surface area (Å²) in [6.07, 6.45) is 2.52. The van der Waals surface area contributed by atoms with E-state index in [1.165, 1.54) is 0 Å². The van der Waals surface area contributed by atoms with Crippen LogP contribution in [0.3, 0.4) is 0 Å². The van der Waals surface area contributed by atoms with E-state index in [0.29, 0.717) is 25.6 Å². The van der Waals surface area contributed by atoms with Crippen molar-refractivity contribution in [2.75, 3.05) is 23.7 Å². The van der Waals surface area contributed by atoms with Gasteiger partial charge in [-0.1, -0.05) is 24.3 Å². The van der Waals surface area contributed by atoms with E-state index < -0.39 is 0 Å². The van der Waals surface area contributed by atoms with Gasteiger partial charge in [0.1, 0.15) is 0 Å². The van der Waals surface area contributed by atoms with Gasteiger partial charge in [-0.15, -0.1) is 0 Å². The van der Waals surface area contributed by atoms with Crippen LogP contribution in [-0.4, -0.2) is 35.8 Å². The van der Waals surface area contributed by atoms with Crippen LogP contribution in [0.15, 0.2) is 40.9 Å². The molecule has 0 radical (unpaired) electrons. The van der Waals surface area contributed by atoms with E-state index in [4.69, 9.17) is 0 Å². The van der Waals surface area contributed by atoms with Gasteiger partial charge in [-0.25, -0.2) is 0 Å². The first-order valence-corrected chi connectivity index (χ1v) is 10.8. The van der Waals surface area contributed by atoms with Crippen molar-refractivity contribution < 1.29 is 9.59 Å². The van der Waals surface area contributed by atoms with Crippen LogP contribution in [-0.2, 0) is 9.59 Å². The molecule has 0 aromatic heterocycles. The molecule has 2 amide bonds. The Morgan fingerprint density at radius 3 is 2.34 bits per heavy atom. The average Bonchev–Trinajstić information content (AvgIpc) is 3.49. The number of carbonyl (C=O) groups is 2. The van der Waals surface area contributed by atoms with Crippen LogP contribution < -0.4 is 10.6 Å². The summed E-state index contributed by atoms with van der Waals surface area (Å²) in [5.74, 6) is -0.0775. The van der Waals surface area contributed by atoms with Crippen LogP contribution in [0.1, 0.15) is 36.0 Å². The summed E-state index contributed by atoms with van der Waals surface area (Å²) in [5, 5.41) is 5.99. The van der Waals surface area contributed by atoms with Gasteiger partial charge in [0, 0.05) is 29.2 Å². The number of nitrogens with one attached hydrogen (secondary N) is 2. The lowest BCUT2D eigenvalue weighted by atomic mass is 10.1. The molecule has 0 spiro atoms. The third kappa shape index (κ3) is 6.15. The van der Waals surface area contributed by atoms with E-state index >= 15 is 0 Å². The van der Waals surface area contributed by atoms with Crippen molar-refractivity contribution in [3.05, 3.63) is 57.6 Å². The van der Waals surface area contributed by atoms with Gasteiger partial charge in [0.15, 0.2) is 0 Å². The summed E-state index contributed by atoms with van der Waals surface area (Å²) < 4.78 is 0.873. The van der Waals surface area contributed by atoms with E-state index in [9.17, 15) is 9.59 Å². The zero-order valence-electron chi connectivity index (χ0n) is 17.2. The number of rotatable bonds is 8. The Balaban J connectivity index is 1.53. The molecule has 1 saturated carbocycles. The van der Waals surface area contributed by atoms with E-state index in [0.717, 1.165) is 45.4 Å². The molecule has 5 nitrogen and oxygen atoms in total. The van der Waals surface area contributed by atoms with Gasteiger partial charge in [-0.3, -0.25) is 14.5 Å². The zero-order valence-corrected chi connectivity index (χ0v) is 18.8. The van der Waals surface area contributed by atoms with Crippen molar-refractivity contribution in [2.45, 2.75) is 46.1 Å². The van der Waals surface area contributed by atoms with Gasteiger partial charge in [0.25, 0.3) is 0 Å². The van der Waals surface area contributed by atoms with E-state index in [1.54, 1.807) is 0 Å². The molecule has 2 aromatic rings. The maximum absolute atomic E-state index is 12.6. The monoisotopic (exact) mass is 457 g/mol. The van der Waals surface area contributed by atoms with Gasteiger partial charge < -0.3 is 10.6 Å². The summed E-state index contributed by atoms with van der Waals surface area (Å²) in [6.45, 7) is 6.87. The highest BCUT2D eigenvalue weighted by atomic mass is 79.9. The molecule has 0 atom stereocenters. The molecule has 0 unspecified atom stereocenters. The van der Waals surface area contributed by atoms with Gasteiger partial charge in [0.05, 0.1) is 12.2 Å². The number of anilines is 2. The molecular weight excluding hydrogens is 430 g/mol. The number of hydrogen-bond acceptors (Lipinski definition) is 3. The van der Waals surface area contributed by atoms with E-state index in [2.05, 4.69) is 31.5 Å². The molecule has 29 heavy (non-hydrogen) atoms. The number of amides is 2. The Bertz CT molecular complexity index is 889. The predicted octanol–water partition coefficient (Wildman–Crippen LogP) is 4.81. The fourth-order valence-corrected chi connectivity index (χ4v) is 3.98. The smallest absolute Gasteiger partial charge is 0.238 e. The number of carbonyl (C=O) groups excluding carboxylic acids is 2. The molecular formula is C23H28BrN3O2. The average molecular weight is 458 g/mol. The second-order valence-corrected chi connectivity index (χ2v) is 8.65. The Kier molecular flexibility index (Phi) is 7.09. The first-order valence-electron chi connectivity index (χ1n) is 9.99. The molecule has 1 aliphatic carbocycles. The molecule has 3 rings (SSSR count). The van der Waals surface area contributed by atoms with Crippen LogP contribution in [0.2, 0.25) is 0 Å². The molecule has 2 N–H and O–H groups in total. The quantitative estimate of drug-likeness (QED) is 0.597. The number of para-hydroxylation sites is 1. The standard InChI is InChI=1S/C23H28BrN3O2/c1-15-7-10-20(19(24)13-15)25-21(28)11-12-27(18-8-9-18)14-22(29)26-23-16(2)5-4-6-17(23)3/h4-7,10,13,18H,8-9,11-12,14H2,1-3H3,(H,25,28)(H,26,29). The fourth-order valence-electron chi connectivity index (χ4n) is 3.38. The number of benzene rings is 2. The van der Waals surface area contributed by atoms with Crippen molar-refractivity contribution in [3.8, 4) is 0 Å². The summed E-state index contributed by atoms with van der Waals surface area (Å²) in [7, 11) is 0. The van der Waals surface area contributed by atoms with E-state index in [-0.39, 0.29) is 11.8 Å². The largest absolute Gasteiger partial charge is 0.325 e.